The topological polar surface area (TPSA) is 70.1 Å². The number of unbranched alkanes of at least 4 members (excludes halogenated alkanes) is 1. The molecule has 0 bridgehead atoms. The molecule has 0 atom stereocenters. The molecule has 23 heavy (non-hydrogen) atoms. The number of carbonyl (C=O) groups excluding carboxylic acids is 2. The summed E-state index contributed by atoms with van der Waals surface area (Å²) >= 11 is 0. The maximum absolute atomic E-state index is 12.7. The lowest BCUT2D eigenvalue weighted by molar-refractivity contribution is 0.0608. The minimum atomic E-state index is -0.277. The van der Waals surface area contributed by atoms with Crippen molar-refractivity contribution >= 4 is 28.3 Å². The number of benzene rings is 2. The molecule has 0 spiro atoms. The normalized spacial score (nSPS) is 13.6. The van der Waals surface area contributed by atoms with Crippen LogP contribution in [-0.2, 0) is 0 Å². The molecule has 1 heterocycles. The van der Waals surface area contributed by atoms with Crippen LogP contribution in [0.2, 0.25) is 0 Å². The summed E-state index contributed by atoms with van der Waals surface area (Å²) in [7, 11) is 1.54. The molecule has 2 amide bonds. The van der Waals surface area contributed by atoms with Gasteiger partial charge in [0, 0.05) is 35.5 Å². The maximum atomic E-state index is 12.7. The lowest BCUT2D eigenvalue weighted by atomic mass is 9.93. The van der Waals surface area contributed by atoms with Crippen LogP contribution in [0.5, 0.6) is 0 Å². The molecule has 1 aliphatic rings. The number of carbonyl (C=O) groups is 2. The number of hydrogen-bond acceptors (Lipinski definition) is 4. The highest BCUT2D eigenvalue weighted by molar-refractivity contribution is 6.26. The standard InChI is InChI=1S/C17H17N3O3/c1-3-4-10-20-16(21)12-7-5-6-11-14(19(2)18-23)9-8-13(15(11)12)17(20)22/h5-9H,3-4,10H2,1-2H3. The average Bonchev–Trinajstić information content (AvgIpc) is 2.58. The molecule has 118 valence electrons. The molecule has 0 aromatic heterocycles. The van der Waals surface area contributed by atoms with Gasteiger partial charge in [0.2, 0.25) is 0 Å². The molecule has 3 rings (SSSR count). The van der Waals surface area contributed by atoms with E-state index in [0.717, 1.165) is 12.8 Å². The Morgan fingerprint density at radius 2 is 1.78 bits per heavy atom. The van der Waals surface area contributed by atoms with Gasteiger partial charge in [-0.1, -0.05) is 25.5 Å². The van der Waals surface area contributed by atoms with Gasteiger partial charge >= 0.3 is 0 Å². The lowest BCUT2D eigenvalue weighted by Gasteiger charge is -2.28. The van der Waals surface area contributed by atoms with Crippen LogP contribution in [0.1, 0.15) is 40.5 Å². The zero-order valence-electron chi connectivity index (χ0n) is 13.1. The van der Waals surface area contributed by atoms with E-state index in [1.165, 1.54) is 17.0 Å². The quantitative estimate of drug-likeness (QED) is 0.482. The average molecular weight is 311 g/mol. The monoisotopic (exact) mass is 311 g/mol. The molecule has 6 heteroatoms. The molecule has 2 aromatic rings. The molecule has 0 aliphatic carbocycles. The molecule has 0 saturated carbocycles. The van der Waals surface area contributed by atoms with Crippen molar-refractivity contribution in [2.45, 2.75) is 19.8 Å². The Labute approximate surface area is 133 Å². The van der Waals surface area contributed by atoms with E-state index in [1.54, 1.807) is 30.3 Å². The molecule has 0 saturated heterocycles. The van der Waals surface area contributed by atoms with Crippen molar-refractivity contribution in [1.82, 2.24) is 4.90 Å². The van der Waals surface area contributed by atoms with Crippen LogP contribution in [0.3, 0.4) is 0 Å². The van der Waals surface area contributed by atoms with Crippen molar-refractivity contribution in [2.24, 2.45) is 5.29 Å². The van der Waals surface area contributed by atoms with E-state index in [2.05, 4.69) is 5.29 Å². The van der Waals surface area contributed by atoms with Crippen molar-refractivity contribution in [3.05, 3.63) is 46.4 Å². The van der Waals surface area contributed by atoms with Gasteiger partial charge in [-0.25, -0.2) is 5.01 Å². The first kappa shape index (κ1) is 15.1. The molecule has 0 radical (unpaired) electrons. The van der Waals surface area contributed by atoms with E-state index < -0.39 is 0 Å². The van der Waals surface area contributed by atoms with Crippen LogP contribution in [0.4, 0.5) is 5.69 Å². The first-order valence-corrected chi connectivity index (χ1v) is 7.59. The van der Waals surface area contributed by atoms with E-state index in [9.17, 15) is 14.5 Å². The summed E-state index contributed by atoms with van der Waals surface area (Å²) in [6, 6.07) is 8.62. The Morgan fingerprint density at radius 1 is 1.09 bits per heavy atom. The third-order valence-electron chi connectivity index (χ3n) is 4.18. The van der Waals surface area contributed by atoms with Gasteiger partial charge in [0.15, 0.2) is 0 Å². The highest BCUT2D eigenvalue weighted by atomic mass is 16.3. The summed E-state index contributed by atoms with van der Waals surface area (Å²) in [5.74, 6) is -0.555. The fourth-order valence-electron chi connectivity index (χ4n) is 2.98. The smallest absolute Gasteiger partial charge is 0.261 e. The Bertz CT molecular complexity index is 794. The molecule has 0 fully saturated rings. The van der Waals surface area contributed by atoms with Crippen molar-refractivity contribution in [2.75, 3.05) is 18.6 Å². The third kappa shape index (κ3) is 2.27. The van der Waals surface area contributed by atoms with Crippen LogP contribution < -0.4 is 5.01 Å². The molecule has 0 N–H and O–H groups in total. The predicted molar refractivity (Wildman–Crippen MR) is 88.4 cm³/mol. The zero-order chi connectivity index (χ0) is 16.6. The minimum absolute atomic E-state index is 0.277. The van der Waals surface area contributed by atoms with Crippen LogP contribution >= 0.6 is 0 Å². The maximum Gasteiger partial charge on any atom is 0.261 e. The van der Waals surface area contributed by atoms with Gasteiger partial charge in [0.1, 0.15) is 0 Å². The Balaban J connectivity index is 2.23. The van der Waals surface area contributed by atoms with Crippen molar-refractivity contribution in [1.29, 1.82) is 0 Å². The second-order valence-electron chi connectivity index (χ2n) is 5.58. The largest absolute Gasteiger partial charge is 0.274 e. The SMILES string of the molecule is CCCCN1C(=O)c2cccc3c(N(C)N=O)ccc(c23)C1=O. The zero-order valence-corrected chi connectivity index (χ0v) is 13.1. The summed E-state index contributed by atoms with van der Waals surface area (Å²) in [5.41, 5.74) is 1.56. The second-order valence-corrected chi connectivity index (χ2v) is 5.58. The number of hydrogen-bond donors (Lipinski definition) is 0. The van der Waals surface area contributed by atoms with Crippen molar-refractivity contribution < 1.29 is 9.59 Å². The number of nitroso groups, excluding NO2 is 1. The van der Waals surface area contributed by atoms with Crippen LogP contribution in [-0.4, -0.2) is 30.3 Å². The molecule has 6 nitrogen and oxygen atoms in total. The van der Waals surface area contributed by atoms with Crippen LogP contribution in [0.25, 0.3) is 10.8 Å². The molecule has 2 aromatic carbocycles. The highest BCUT2D eigenvalue weighted by Crippen LogP contribution is 2.35. The summed E-state index contributed by atoms with van der Waals surface area (Å²) in [4.78, 5) is 37.5. The van der Waals surface area contributed by atoms with Gasteiger partial charge < -0.3 is 0 Å². The minimum Gasteiger partial charge on any atom is -0.274 e. The van der Waals surface area contributed by atoms with E-state index in [4.69, 9.17) is 0 Å². The Hall–Kier alpha value is -2.76. The third-order valence-corrected chi connectivity index (χ3v) is 4.18. The van der Waals surface area contributed by atoms with E-state index >= 15 is 0 Å². The Morgan fingerprint density at radius 3 is 2.43 bits per heavy atom. The Kier molecular flexibility index (Phi) is 3.82. The van der Waals surface area contributed by atoms with Gasteiger partial charge in [-0.05, 0) is 24.6 Å². The summed E-state index contributed by atoms with van der Waals surface area (Å²) in [5, 5.41) is 5.38. The predicted octanol–water partition coefficient (Wildman–Crippen LogP) is 3.35. The van der Waals surface area contributed by atoms with E-state index in [-0.39, 0.29) is 11.8 Å². The first-order chi connectivity index (χ1) is 11.1. The fourth-order valence-corrected chi connectivity index (χ4v) is 2.98. The fraction of sp³-hybridized carbons (Fsp3) is 0.294. The van der Waals surface area contributed by atoms with Crippen molar-refractivity contribution in [3.8, 4) is 0 Å². The molecule has 0 unspecified atom stereocenters. The number of anilines is 1. The van der Waals surface area contributed by atoms with Gasteiger partial charge in [0.25, 0.3) is 11.8 Å². The van der Waals surface area contributed by atoms with E-state index in [0.29, 0.717) is 34.1 Å². The summed E-state index contributed by atoms with van der Waals surface area (Å²) in [6.45, 7) is 2.43. The van der Waals surface area contributed by atoms with Crippen LogP contribution in [0, 0.1) is 4.91 Å². The van der Waals surface area contributed by atoms with Gasteiger partial charge in [-0.15, -0.1) is 4.91 Å². The molecule has 1 aliphatic heterocycles. The number of imide groups is 1. The van der Waals surface area contributed by atoms with Crippen molar-refractivity contribution in [3.63, 3.8) is 0 Å². The van der Waals surface area contributed by atoms with Gasteiger partial charge in [-0.3, -0.25) is 14.5 Å². The number of nitrogens with zero attached hydrogens (tertiary/aromatic N) is 3. The van der Waals surface area contributed by atoms with Gasteiger partial charge in [0.05, 0.1) is 11.0 Å². The first-order valence-electron chi connectivity index (χ1n) is 7.59. The van der Waals surface area contributed by atoms with Gasteiger partial charge in [-0.2, -0.15) is 0 Å². The second kappa shape index (κ2) is 5.79. The number of rotatable bonds is 5. The molecular formula is C17H17N3O3. The molecular weight excluding hydrogens is 294 g/mol. The lowest BCUT2D eigenvalue weighted by Crippen LogP contribution is -2.40. The number of amides is 2. The van der Waals surface area contributed by atoms with E-state index in [1.807, 2.05) is 6.92 Å². The van der Waals surface area contributed by atoms with Crippen LogP contribution in [0.15, 0.2) is 35.6 Å². The highest BCUT2D eigenvalue weighted by Gasteiger charge is 2.33. The summed E-state index contributed by atoms with van der Waals surface area (Å²) < 4.78 is 0. The summed E-state index contributed by atoms with van der Waals surface area (Å²) in [6.07, 6.45) is 1.68.